The molecule has 0 spiro atoms. The number of carbonyl (C=O) groups excluding carboxylic acids is 1. The van der Waals surface area contributed by atoms with Crippen molar-refractivity contribution in [3.63, 3.8) is 0 Å². The first-order valence-corrected chi connectivity index (χ1v) is 5.87. The van der Waals surface area contributed by atoms with Gasteiger partial charge >= 0.3 is 0 Å². The molecule has 0 aliphatic carbocycles. The lowest BCUT2D eigenvalue weighted by atomic mass is 10.5. The van der Waals surface area contributed by atoms with Gasteiger partial charge in [0.05, 0.1) is 33.0 Å². The van der Waals surface area contributed by atoms with Crippen LogP contribution in [0.1, 0.15) is 6.92 Å². The summed E-state index contributed by atoms with van der Waals surface area (Å²) in [7, 11) is 1.65. The highest BCUT2D eigenvalue weighted by molar-refractivity contribution is 5.72. The zero-order chi connectivity index (χ0) is 12.8. The summed E-state index contributed by atoms with van der Waals surface area (Å²) in [4.78, 5) is 10.5. The van der Waals surface area contributed by atoms with Crippen LogP contribution >= 0.6 is 0 Å². The number of ether oxygens (including phenoxy) is 3. The maximum atomic E-state index is 10.5. The standard InChI is InChI=1S/C11H24N2O4/c1-11(14)13-4-3-12-5-6-16-9-10-17-8-7-15-2/h12H,3-10H2,1-2H3,(H,13,14). The van der Waals surface area contributed by atoms with E-state index >= 15 is 0 Å². The van der Waals surface area contributed by atoms with Gasteiger partial charge < -0.3 is 24.8 Å². The molecule has 0 saturated carbocycles. The van der Waals surface area contributed by atoms with Crippen LogP contribution in [0.25, 0.3) is 0 Å². The molecule has 2 N–H and O–H groups in total. The van der Waals surface area contributed by atoms with Gasteiger partial charge in [-0.15, -0.1) is 0 Å². The number of hydrogen-bond acceptors (Lipinski definition) is 5. The normalized spacial score (nSPS) is 10.5. The summed E-state index contributed by atoms with van der Waals surface area (Å²) in [5, 5.41) is 5.85. The van der Waals surface area contributed by atoms with E-state index < -0.39 is 0 Å². The van der Waals surface area contributed by atoms with Gasteiger partial charge in [-0.05, 0) is 0 Å². The first kappa shape index (κ1) is 16.3. The summed E-state index contributed by atoms with van der Waals surface area (Å²) < 4.78 is 15.4. The number of carbonyl (C=O) groups is 1. The van der Waals surface area contributed by atoms with Crippen LogP contribution in [0.2, 0.25) is 0 Å². The monoisotopic (exact) mass is 248 g/mol. The van der Waals surface area contributed by atoms with Crippen LogP contribution in [0, 0.1) is 0 Å². The molecule has 0 aromatic rings. The number of rotatable bonds is 12. The Labute approximate surface area is 103 Å². The zero-order valence-electron chi connectivity index (χ0n) is 10.8. The summed E-state index contributed by atoms with van der Waals surface area (Å²) in [6, 6.07) is 0. The Morgan fingerprint density at radius 3 is 2.24 bits per heavy atom. The Bertz CT molecular complexity index is 179. The van der Waals surface area contributed by atoms with Crippen molar-refractivity contribution in [2.24, 2.45) is 0 Å². The van der Waals surface area contributed by atoms with Crippen molar-refractivity contribution >= 4 is 5.91 Å². The van der Waals surface area contributed by atoms with Crippen molar-refractivity contribution in [2.45, 2.75) is 6.92 Å². The van der Waals surface area contributed by atoms with Crippen LogP contribution in [0.15, 0.2) is 0 Å². The molecule has 6 nitrogen and oxygen atoms in total. The predicted octanol–water partition coefficient (Wildman–Crippen LogP) is -0.608. The average molecular weight is 248 g/mol. The van der Waals surface area contributed by atoms with Crippen LogP contribution in [0.5, 0.6) is 0 Å². The summed E-state index contributed by atoms with van der Waals surface area (Å²) in [6.07, 6.45) is 0. The Hall–Kier alpha value is -0.690. The first-order valence-electron chi connectivity index (χ1n) is 5.87. The molecule has 0 rings (SSSR count). The third kappa shape index (κ3) is 15.3. The van der Waals surface area contributed by atoms with Crippen molar-refractivity contribution in [3.05, 3.63) is 0 Å². The fraction of sp³-hybridized carbons (Fsp3) is 0.909. The SMILES string of the molecule is COCCOCCOCCNCCNC(C)=O. The van der Waals surface area contributed by atoms with E-state index in [4.69, 9.17) is 14.2 Å². The highest BCUT2D eigenvalue weighted by Crippen LogP contribution is 1.79. The second-order valence-corrected chi connectivity index (χ2v) is 3.45. The van der Waals surface area contributed by atoms with Crippen LogP contribution in [0.3, 0.4) is 0 Å². The maximum absolute atomic E-state index is 10.5. The Morgan fingerprint density at radius 1 is 0.941 bits per heavy atom. The van der Waals surface area contributed by atoms with Gasteiger partial charge in [0.1, 0.15) is 0 Å². The molecule has 0 bridgehead atoms. The highest BCUT2D eigenvalue weighted by atomic mass is 16.5. The Balaban J connectivity index is 2.91. The minimum Gasteiger partial charge on any atom is -0.382 e. The Kier molecular flexibility index (Phi) is 12.8. The molecule has 0 atom stereocenters. The van der Waals surface area contributed by atoms with E-state index in [1.807, 2.05) is 0 Å². The van der Waals surface area contributed by atoms with Crippen molar-refractivity contribution in [3.8, 4) is 0 Å². The molecule has 0 fully saturated rings. The lowest BCUT2D eigenvalue weighted by Crippen LogP contribution is -2.31. The van der Waals surface area contributed by atoms with Crippen LogP contribution in [0.4, 0.5) is 0 Å². The van der Waals surface area contributed by atoms with Gasteiger partial charge in [0, 0.05) is 33.7 Å². The van der Waals surface area contributed by atoms with Gasteiger partial charge in [-0.1, -0.05) is 0 Å². The van der Waals surface area contributed by atoms with E-state index in [0.717, 1.165) is 13.1 Å². The van der Waals surface area contributed by atoms with Crippen molar-refractivity contribution in [2.75, 3.05) is 59.8 Å². The maximum Gasteiger partial charge on any atom is 0.216 e. The van der Waals surface area contributed by atoms with Crippen molar-refractivity contribution < 1.29 is 19.0 Å². The molecule has 1 amide bonds. The molecule has 102 valence electrons. The lowest BCUT2D eigenvalue weighted by Gasteiger charge is -2.07. The Morgan fingerprint density at radius 2 is 1.59 bits per heavy atom. The van der Waals surface area contributed by atoms with Gasteiger partial charge in [-0.25, -0.2) is 0 Å². The number of hydrogen-bond donors (Lipinski definition) is 2. The quantitative estimate of drug-likeness (QED) is 0.451. The predicted molar refractivity (Wildman–Crippen MR) is 65.1 cm³/mol. The van der Waals surface area contributed by atoms with E-state index in [1.54, 1.807) is 7.11 Å². The fourth-order valence-corrected chi connectivity index (χ4v) is 1.06. The summed E-state index contributed by atoms with van der Waals surface area (Å²) >= 11 is 0. The third-order valence-electron chi connectivity index (χ3n) is 1.90. The topological polar surface area (TPSA) is 68.8 Å². The van der Waals surface area contributed by atoms with Gasteiger partial charge in [-0.3, -0.25) is 4.79 Å². The number of amides is 1. The highest BCUT2D eigenvalue weighted by Gasteiger charge is 1.92. The zero-order valence-corrected chi connectivity index (χ0v) is 10.8. The molecule has 0 aliphatic rings. The molecular formula is C11H24N2O4. The van der Waals surface area contributed by atoms with Gasteiger partial charge in [0.15, 0.2) is 0 Å². The molecule has 0 saturated heterocycles. The van der Waals surface area contributed by atoms with E-state index in [-0.39, 0.29) is 5.91 Å². The summed E-state index contributed by atoms with van der Waals surface area (Å²) in [6.45, 7) is 6.74. The minimum atomic E-state index is -0.00347. The average Bonchev–Trinajstić information content (AvgIpc) is 2.30. The molecule has 6 heteroatoms. The van der Waals surface area contributed by atoms with Crippen molar-refractivity contribution in [1.29, 1.82) is 0 Å². The second kappa shape index (κ2) is 13.4. The molecule has 0 unspecified atom stereocenters. The molecule has 0 radical (unpaired) electrons. The smallest absolute Gasteiger partial charge is 0.216 e. The molecule has 0 heterocycles. The van der Waals surface area contributed by atoms with Gasteiger partial charge in [0.2, 0.25) is 5.91 Å². The van der Waals surface area contributed by atoms with Crippen LogP contribution < -0.4 is 10.6 Å². The molecule has 17 heavy (non-hydrogen) atoms. The van der Waals surface area contributed by atoms with E-state index in [0.29, 0.717) is 39.6 Å². The largest absolute Gasteiger partial charge is 0.382 e. The van der Waals surface area contributed by atoms with E-state index in [1.165, 1.54) is 6.92 Å². The lowest BCUT2D eigenvalue weighted by molar-refractivity contribution is -0.118. The van der Waals surface area contributed by atoms with E-state index in [2.05, 4.69) is 10.6 Å². The second-order valence-electron chi connectivity index (χ2n) is 3.45. The first-order chi connectivity index (χ1) is 8.27. The molecule has 0 aromatic carbocycles. The minimum absolute atomic E-state index is 0.00347. The van der Waals surface area contributed by atoms with Crippen LogP contribution in [-0.2, 0) is 19.0 Å². The van der Waals surface area contributed by atoms with Gasteiger partial charge in [-0.2, -0.15) is 0 Å². The summed E-state index contributed by atoms with van der Waals surface area (Å²) in [5.41, 5.74) is 0. The number of methoxy groups -OCH3 is 1. The van der Waals surface area contributed by atoms with E-state index in [9.17, 15) is 4.79 Å². The van der Waals surface area contributed by atoms with Crippen LogP contribution in [-0.4, -0.2) is 65.7 Å². The van der Waals surface area contributed by atoms with Crippen molar-refractivity contribution in [1.82, 2.24) is 10.6 Å². The fourth-order valence-electron chi connectivity index (χ4n) is 1.06. The molecule has 0 aliphatic heterocycles. The summed E-state index contributed by atoms with van der Waals surface area (Å²) in [5.74, 6) is -0.00347. The molecular weight excluding hydrogens is 224 g/mol. The van der Waals surface area contributed by atoms with Gasteiger partial charge in [0.25, 0.3) is 0 Å². The third-order valence-corrected chi connectivity index (χ3v) is 1.90. The number of nitrogens with one attached hydrogen (secondary N) is 2. The molecule has 0 aromatic heterocycles.